The number of nitrogens with zero attached hydrogens (tertiary/aromatic N) is 3. The number of carbonyl (C=O) groups excluding carboxylic acids is 2. The Bertz CT molecular complexity index is 1200. The minimum absolute atomic E-state index is 0.0594. The lowest BCUT2D eigenvalue weighted by molar-refractivity contribution is -0.119. The lowest BCUT2D eigenvalue weighted by Crippen LogP contribution is -2.34. The highest BCUT2D eigenvalue weighted by molar-refractivity contribution is 6.30. The van der Waals surface area contributed by atoms with Crippen molar-refractivity contribution in [3.63, 3.8) is 0 Å². The van der Waals surface area contributed by atoms with E-state index in [0.29, 0.717) is 35.8 Å². The first-order valence-corrected chi connectivity index (χ1v) is 10.3. The third kappa shape index (κ3) is 4.83. The van der Waals surface area contributed by atoms with E-state index in [1.165, 1.54) is 6.07 Å². The predicted molar refractivity (Wildman–Crippen MR) is 119 cm³/mol. The fourth-order valence-electron chi connectivity index (χ4n) is 3.58. The molecule has 0 aliphatic carbocycles. The van der Waals surface area contributed by atoms with E-state index < -0.39 is 0 Å². The number of carbonyl (C=O) groups is 2. The van der Waals surface area contributed by atoms with Gasteiger partial charge in [-0.3, -0.25) is 14.4 Å². The fourth-order valence-corrected chi connectivity index (χ4v) is 3.71. The maximum Gasteiger partial charge on any atom is 0.267 e. The summed E-state index contributed by atoms with van der Waals surface area (Å²) in [4.78, 5) is 38.6. The smallest absolute Gasteiger partial charge is 0.267 e. The summed E-state index contributed by atoms with van der Waals surface area (Å²) in [7, 11) is 0. The monoisotopic (exact) mass is 436 g/mol. The molecule has 0 saturated heterocycles. The average Bonchev–Trinajstić information content (AvgIpc) is 2.74. The average molecular weight is 437 g/mol. The first-order valence-electron chi connectivity index (χ1n) is 9.91. The van der Waals surface area contributed by atoms with E-state index >= 15 is 0 Å². The molecule has 158 valence electrons. The molecule has 2 aromatic carbocycles. The van der Waals surface area contributed by atoms with Crippen LogP contribution in [0.4, 0.5) is 11.4 Å². The van der Waals surface area contributed by atoms with Crippen LogP contribution in [0.25, 0.3) is 0 Å². The number of anilines is 2. The number of aryl methyl sites for hydroxylation is 2. The molecule has 8 heteroatoms. The van der Waals surface area contributed by atoms with E-state index in [-0.39, 0.29) is 23.9 Å². The highest BCUT2D eigenvalue weighted by atomic mass is 35.5. The standard InChI is InChI=1S/C23H21ClN4O3/c1-15-2-10-23(31)28(26-15)14-21(29)25-19-8-9-20-17(12-19)5-11-22(30)27(20)13-16-3-6-18(24)7-4-16/h2-4,6-10,12H,5,11,13-14H2,1H3,(H,25,29). The molecule has 0 spiro atoms. The van der Waals surface area contributed by atoms with Gasteiger partial charge < -0.3 is 10.2 Å². The molecule has 1 aromatic heterocycles. The Hall–Kier alpha value is -3.45. The Morgan fingerprint density at radius 2 is 1.84 bits per heavy atom. The molecule has 0 bridgehead atoms. The quantitative estimate of drug-likeness (QED) is 0.665. The second-order valence-electron chi connectivity index (χ2n) is 7.47. The maximum absolute atomic E-state index is 12.5. The second kappa shape index (κ2) is 8.73. The summed E-state index contributed by atoms with van der Waals surface area (Å²) in [6, 6.07) is 15.9. The second-order valence-corrected chi connectivity index (χ2v) is 7.91. The summed E-state index contributed by atoms with van der Waals surface area (Å²) in [5.41, 5.74) is 3.75. The molecule has 3 aromatic rings. The van der Waals surface area contributed by atoms with Crippen LogP contribution in [0.1, 0.15) is 23.2 Å². The van der Waals surface area contributed by atoms with Gasteiger partial charge in [-0.15, -0.1) is 0 Å². The van der Waals surface area contributed by atoms with E-state index in [4.69, 9.17) is 11.6 Å². The summed E-state index contributed by atoms with van der Waals surface area (Å²) in [6.45, 7) is 2.05. The lowest BCUT2D eigenvalue weighted by Gasteiger charge is -2.30. The number of hydrogen-bond acceptors (Lipinski definition) is 4. The van der Waals surface area contributed by atoms with E-state index in [0.717, 1.165) is 21.5 Å². The number of rotatable bonds is 5. The number of amides is 2. The molecule has 1 aliphatic heterocycles. The Kier molecular flexibility index (Phi) is 5.86. The molecule has 2 amide bonds. The van der Waals surface area contributed by atoms with E-state index in [9.17, 15) is 14.4 Å². The largest absolute Gasteiger partial charge is 0.324 e. The molecule has 0 atom stereocenters. The molecule has 7 nitrogen and oxygen atoms in total. The van der Waals surface area contributed by atoms with Crippen LogP contribution in [0, 0.1) is 6.92 Å². The van der Waals surface area contributed by atoms with Crippen LogP contribution in [0.15, 0.2) is 59.4 Å². The van der Waals surface area contributed by atoms with Crippen LogP contribution in [0.2, 0.25) is 5.02 Å². The van der Waals surface area contributed by atoms with Crippen LogP contribution >= 0.6 is 11.6 Å². The third-order valence-corrected chi connectivity index (χ3v) is 5.36. The van der Waals surface area contributed by atoms with Crippen molar-refractivity contribution in [3.05, 3.63) is 86.8 Å². The molecule has 0 unspecified atom stereocenters. The molecule has 0 saturated carbocycles. The van der Waals surface area contributed by atoms with Crippen LogP contribution in [-0.4, -0.2) is 21.6 Å². The van der Waals surface area contributed by atoms with Gasteiger partial charge in [0.05, 0.1) is 12.2 Å². The van der Waals surface area contributed by atoms with Gasteiger partial charge in [0.2, 0.25) is 11.8 Å². The normalized spacial score (nSPS) is 13.1. The number of hydrogen-bond donors (Lipinski definition) is 1. The van der Waals surface area contributed by atoms with Gasteiger partial charge in [-0.2, -0.15) is 5.10 Å². The van der Waals surface area contributed by atoms with Gasteiger partial charge in [-0.25, -0.2) is 4.68 Å². The summed E-state index contributed by atoms with van der Waals surface area (Å²) in [5, 5.41) is 7.54. The van der Waals surface area contributed by atoms with Crippen LogP contribution in [0.5, 0.6) is 0 Å². The highest BCUT2D eigenvalue weighted by Gasteiger charge is 2.24. The Morgan fingerprint density at radius 3 is 2.61 bits per heavy atom. The zero-order valence-corrected chi connectivity index (χ0v) is 17.7. The summed E-state index contributed by atoms with van der Waals surface area (Å²) in [5.74, 6) is -0.283. The number of halogens is 1. The SMILES string of the molecule is Cc1ccc(=O)n(CC(=O)Nc2ccc3c(c2)CCC(=O)N3Cc2ccc(Cl)cc2)n1. The lowest BCUT2D eigenvalue weighted by atomic mass is 9.99. The number of fused-ring (bicyclic) bond motifs is 1. The van der Waals surface area contributed by atoms with E-state index in [1.807, 2.05) is 24.3 Å². The van der Waals surface area contributed by atoms with Crippen LogP contribution in [0.3, 0.4) is 0 Å². The van der Waals surface area contributed by atoms with Gasteiger partial charge in [-0.05, 0) is 60.9 Å². The van der Waals surface area contributed by atoms with Gasteiger partial charge in [0.15, 0.2) is 0 Å². The molecule has 1 N–H and O–H groups in total. The molecule has 31 heavy (non-hydrogen) atoms. The van der Waals surface area contributed by atoms with Crippen molar-refractivity contribution >= 4 is 34.8 Å². The van der Waals surface area contributed by atoms with Gasteiger partial charge in [0, 0.05) is 28.9 Å². The molecular weight excluding hydrogens is 416 g/mol. The van der Waals surface area contributed by atoms with Crippen molar-refractivity contribution in [1.29, 1.82) is 0 Å². The third-order valence-electron chi connectivity index (χ3n) is 5.11. The number of nitrogens with one attached hydrogen (secondary N) is 1. The van der Waals surface area contributed by atoms with Gasteiger partial charge in [0.25, 0.3) is 5.56 Å². The Morgan fingerprint density at radius 1 is 1.06 bits per heavy atom. The molecular formula is C23H21ClN4O3. The fraction of sp³-hybridized carbons (Fsp3) is 0.217. The molecule has 0 fully saturated rings. The van der Waals surface area contributed by atoms with Crippen molar-refractivity contribution < 1.29 is 9.59 Å². The van der Waals surface area contributed by atoms with Crippen molar-refractivity contribution in [3.8, 4) is 0 Å². The minimum atomic E-state index is -0.343. The zero-order valence-electron chi connectivity index (χ0n) is 17.0. The number of aromatic nitrogens is 2. The van der Waals surface area contributed by atoms with Crippen molar-refractivity contribution in [2.24, 2.45) is 0 Å². The molecule has 0 radical (unpaired) electrons. The van der Waals surface area contributed by atoms with Crippen molar-refractivity contribution in [1.82, 2.24) is 9.78 Å². The maximum atomic E-state index is 12.5. The van der Waals surface area contributed by atoms with Crippen molar-refractivity contribution in [2.75, 3.05) is 10.2 Å². The zero-order chi connectivity index (χ0) is 22.0. The van der Waals surface area contributed by atoms with Crippen LogP contribution in [-0.2, 0) is 29.1 Å². The van der Waals surface area contributed by atoms with E-state index in [1.54, 1.807) is 36.1 Å². The Labute approximate surface area is 184 Å². The van der Waals surface area contributed by atoms with Crippen LogP contribution < -0.4 is 15.8 Å². The highest BCUT2D eigenvalue weighted by Crippen LogP contribution is 2.31. The van der Waals surface area contributed by atoms with Crippen molar-refractivity contribution in [2.45, 2.75) is 32.9 Å². The van der Waals surface area contributed by atoms with Gasteiger partial charge in [0.1, 0.15) is 6.54 Å². The summed E-state index contributed by atoms with van der Waals surface area (Å²) in [6.07, 6.45) is 1.01. The Balaban J connectivity index is 1.50. The number of benzene rings is 2. The first-order chi connectivity index (χ1) is 14.9. The first kappa shape index (κ1) is 20.8. The summed E-state index contributed by atoms with van der Waals surface area (Å²) >= 11 is 5.95. The molecule has 2 heterocycles. The van der Waals surface area contributed by atoms with Gasteiger partial charge >= 0.3 is 0 Å². The molecule has 1 aliphatic rings. The van der Waals surface area contributed by atoms with Gasteiger partial charge in [-0.1, -0.05) is 23.7 Å². The summed E-state index contributed by atoms with van der Waals surface area (Å²) < 4.78 is 1.13. The predicted octanol–water partition coefficient (Wildman–Crippen LogP) is 3.32. The minimum Gasteiger partial charge on any atom is -0.324 e. The van der Waals surface area contributed by atoms with E-state index in [2.05, 4.69) is 10.4 Å². The topological polar surface area (TPSA) is 84.3 Å². The molecule has 4 rings (SSSR count).